The van der Waals surface area contributed by atoms with Gasteiger partial charge in [0.1, 0.15) is 23.1 Å². The number of thiazole rings is 1. The molecule has 0 aliphatic carbocycles. The molecule has 1 fully saturated rings. The summed E-state index contributed by atoms with van der Waals surface area (Å²) in [7, 11) is 3.09. The van der Waals surface area contributed by atoms with Crippen LogP contribution in [0.2, 0.25) is 0 Å². The van der Waals surface area contributed by atoms with Crippen molar-refractivity contribution in [2.45, 2.75) is 6.04 Å². The number of carbonyl (C=O) groups excluding carboxylic acids is 2. The van der Waals surface area contributed by atoms with E-state index in [0.29, 0.717) is 27.7 Å². The lowest BCUT2D eigenvalue weighted by molar-refractivity contribution is -0.132. The summed E-state index contributed by atoms with van der Waals surface area (Å²) in [6.45, 7) is 0. The van der Waals surface area contributed by atoms with Crippen LogP contribution in [-0.4, -0.2) is 36.0 Å². The van der Waals surface area contributed by atoms with E-state index in [1.54, 1.807) is 49.6 Å². The van der Waals surface area contributed by atoms with E-state index in [1.807, 2.05) is 0 Å². The van der Waals surface area contributed by atoms with Gasteiger partial charge in [-0.2, -0.15) is 0 Å². The quantitative estimate of drug-likeness (QED) is 0.239. The first-order valence-corrected chi connectivity index (χ1v) is 11.4. The molecule has 0 radical (unpaired) electrons. The standard InChI is InChI=1S/C26H19FN2O5S/c1-33-17-9-5-14(6-10-17)22-21(23(30)15-3-7-16(27)8-4-15)24(31)25(32)29(22)26-28-19-12-11-18(34-2)13-20(19)35-26/h3-13,22,30H,1-2H3. The van der Waals surface area contributed by atoms with Crippen molar-refractivity contribution in [3.8, 4) is 11.5 Å². The summed E-state index contributed by atoms with van der Waals surface area (Å²) in [5, 5.41) is 11.4. The van der Waals surface area contributed by atoms with Gasteiger partial charge in [0.15, 0.2) is 5.13 Å². The Morgan fingerprint density at radius 3 is 2.29 bits per heavy atom. The zero-order valence-corrected chi connectivity index (χ0v) is 19.5. The van der Waals surface area contributed by atoms with Crippen molar-refractivity contribution in [2.75, 3.05) is 19.1 Å². The van der Waals surface area contributed by atoms with Crippen molar-refractivity contribution in [1.29, 1.82) is 0 Å². The van der Waals surface area contributed by atoms with Gasteiger partial charge < -0.3 is 14.6 Å². The highest BCUT2D eigenvalue weighted by Gasteiger charge is 2.48. The van der Waals surface area contributed by atoms with Crippen LogP contribution in [0.5, 0.6) is 11.5 Å². The molecule has 3 aromatic carbocycles. The van der Waals surface area contributed by atoms with E-state index < -0.39 is 29.3 Å². The fourth-order valence-electron chi connectivity index (χ4n) is 4.02. The van der Waals surface area contributed by atoms with Crippen LogP contribution < -0.4 is 14.4 Å². The third-order valence-corrected chi connectivity index (χ3v) is 6.80. The highest BCUT2D eigenvalue weighted by molar-refractivity contribution is 7.22. The summed E-state index contributed by atoms with van der Waals surface area (Å²) in [6, 6.07) is 16.3. The molecule has 1 saturated heterocycles. The normalized spacial score (nSPS) is 17.2. The summed E-state index contributed by atoms with van der Waals surface area (Å²) in [5.41, 5.74) is 1.32. The molecule has 1 atom stereocenters. The monoisotopic (exact) mass is 490 g/mol. The summed E-state index contributed by atoms with van der Waals surface area (Å²) in [6.07, 6.45) is 0. The predicted molar refractivity (Wildman–Crippen MR) is 130 cm³/mol. The average Bonchev–Trinajstić information content (AvgIpc) is 3.41. The number of halogens is 1. The number of ketones is 1. The van der Waals surface area contributed by atoms with Gasteiger partial charge in [-0.05, 0) is 60.2 Å². The Kier molecular flexibility index (Phi) is 5.70. The van der Waals surface area contributed by atoms with Crippen LogP contribution in [0.3, 0.4) is 0 Å². The van der Waals surface area contributed by atoms with E-state index in [0.717, 1.165) is 4.70 Å². The maximum absolute atomic E-state index is 13.5. The van der Waals surface area contributed by atoms with Gasteiger partial charge in [0.25, 0.3) is 5.78 Å². The number of hydrogen-bond donors (Lipinski definition) is 1. The Hall–Kier alpha value is -4.24. The second-order valence-electron chi connectivity index (χ2n) is 7.78. The van der Waals surface area contributed by atoms with E-state index >= 15 is 0 Å². The number of benzene rings is 3. The SMILES string of the molecule is COc1ccc(C2C(=C(O)c3ccc(F)cc3)C(=O)C(=O)N2c2nc3ccc(OC)cc3s2)cc1. The Labute approximate surface area is 203 Å². The van der Waals surface area contributed by atoms with Crippen LogP contribution in [-0.2, 0) is 9.59 Å². The Morgan fingerprint density at radius 2 is 1.63 bits per heavy atom. The number of ether oxygens (including phenoxy) is 2. The number of nitrogens with zero attached hydrogens (tertiary/aromatic N) is 2. The number of carbonyl (C=O) groups is 2. The van der Waals surface area contributed by atoms with Crippen molar-refractivity contribution < 1.29 is 28.6 Å². The zero-order chi connectivity index (χ0) is 24.7. The van der Waals surface area contributed by atoms with Crippen LogP contribution in [0, 0.1) is 5.82 Å². The Balaban J connectivity index is 1.70. The Bertz CT molecular complexity index is 1480. The first-order valence-electron chi connectivity index (χ1n) is 10.6. The highest BCUT2D eigenvalue weighted by atomic mass is 32.1. The zero-order valence-electron chi connectivity index (χ0n) is 18.7. The third kappa shape index (κ3) is 3.89. The van der Waals surface area contributed by atoms with E-state index in [9.17, 15) is 19.1 Å². The maximum Gasteiger partial charge on any atom is 0.301 e. The molecule has 1 unspecified atom stereocenters. The van der Waals surface area contributed by atoms with Gasteiger partial charge in [-0.3, -0.25) is 14.5 Å². The third-order valence-electron chi connectivity index (χ3n) is 5.78. The fraction of sp³-hybridized carbons (Fsp3) is 0.115. The largest absolute Gasteiger partial charge is 0.507 e. The molecule has 1 amide bonds. The number of fused-ring (bicyclic) bond motifs is 1. The lowest BCUT2D eigenvalue weighted by Gasteiger charge is -2.23. The summed E-state index contributed by atoms with van der Waals surface area (Å²) < 4.78 is 24.7. The van der Waals surface area contributed by atoms with Gasteiger partial charge in [0.2, 0.25) is 0 Å². The second-order valence-corrected chi connectivity index (χ2v) is 8.79. The molecule has 1 aliphatic rings. The minimum atomic E-state index is -0.951. The molecular formula is C26H19FN2O5S. The molecule has 35 heavy (non-hydrogen) atoms. The number of aliphatic hydroxyl groups is 1. The van der Waals surface area contributed by atoms with Gasteiger partial charge >= 0.3 is 5.91 Å². The van der Waals surface area contributed by atoms with Crippen molar-refractivity contribution in [3.05, 3.63) is 89.2 Å². The molecular weight excluding hydrogens is 471 g/mol. The maximum atomic E-state index is 13.5. The van der Waals surface area contributed by atoms with E-state index in [4.69, 9.17) is 9.47 Å². The number of anilines is 1. The van der Waals surface area contributed by atoms with E-state index in [2.05, 4.69) is 4.98 Å². The van der Waals surface area contributed by atoms with Gasteiger partial charge in [-0.15, -0.1) is 0 Å². The van der Waals surface area contributed by atoms with Crippen molar-refractivity contribution in [3.63, 3.8) is 0 Å². The molecule has 1 aliphatic heterocycles. The molecule has 4 aromatic rings. The average molecular weight is 491 g/mol. The smallest absolute Gasteiger partial charge is 0.301 e. The molecule has 176 valence electrons. The number of rotatable bonds is 5. The van der Waals surface area contributed by atoms with Crippen LogP contribution in [0.15, 0.2) is 72.3 Å². The number of aromatic nitrogens is 1. The van der Waals surface area contributed by atoms with Gasteiger partial charge in [0, 0.05) is 5.56 Å². The van der Waals surface area contributed by atoms with Crippen LogP contribution in [0.25, 0.3) is 16.0 Å². The summed E-state index contributed by atoms with van der Waals surface area (Å²) in [5.74, 6) is -1.33. The molecule has 1 aromatic heterocycles. The highest BCUT2D eigenvalue weighted by Crippen LogP contribution is 2.44. The number of Topliss-reactive ketones (excluding diaryl/α,β-unsaturated/α-hetero) is 1. The second kappa shape index (κ2) is 8.84. The van der Waals surface area contributed by atoms with Gasteiger partial charge in [-0.1, -0.05) is 23.5 Å². The van der Waals surface area contributed by atoms with Crippen molar-refractivity contribution in [2.24, 2.45) is 0 Å². The van der Waals surface area contributed by atoms with Gasteiger partial charge in [-0.25, -0.2) is 9.37 Å². The summed E-state index contributed by atoms with van der Waals surface area (Å²) in [4.78, 5) is 32.4. The minimum absolute atomic E-state index is 0.108. The Morgan fingerprint density at radius 1 is 0.971 bits per heavy atom. The van der Waals surface area contributed by atoms with Gasteiger partial charge in [0.05, 0.1) is 36.1 Å². The van der Waals surface area contributed by atoms with Crippen molar-refractivity contribution >= 4 is 44.1 Å². The number of hydrogen-bond acceptors (Lipinski definition) is 7. The summed E-state index contributed by atoms with van der Waals surface area (Å²) >= 11 is 1.23. The fourth-order valence-corrected chi connectivity index (χ4v) is 5.04. The van der Waals surface area contributed by atoms with E-state index in [-0.39, 0.29) is 11.1 Å². The van der Waals surface area contributed by atoms with Crippen LogP contribution in [0.4, 0.5) is 9.52 Å². The topological polar surface area (TPSA) is 89.0 Å². The van der Waals surface area contributed by atoms with Crippen molar-refractivity contribution in [1.82, 2.24) is 4.98 Å². The molecule has 0 saturated carbocycles. The minimum Gasteiger partial charge on any atom is -0.507 e. The predicted octanol–water partition coefficient (Wildman–Crippen LogP) is 5.08. The lowest BCUT2D eigenvalue weighted by atomic mass is 9.95. The molecule has 9 heteroatoms. The molecule has 7 nitrogen and oxygen atoms in total. The number of amides is 1. The lowest BCUT2D eigenvalue weighted by Crippen LogP contribution is -2.29. The number of aliphatic hydroxyl groups excluding tert-OH is 1. The molecule has 0 bridgehead atoms. The van der Waals surface area contributed by atoms with Crippen LogP contribution >= 0.6 is 11.3 Å². The number of methoxy groups -OCH3 is 2. The molecule has 2 heterocycles. The van der Waals surface area contributed by atoms with Crippen LogP contribution in [0.1, 0.15) is 17.2 Å². The first-order chi connectivity index (χ1) is 16.9. The van der Waals surface area contributed by atoms with E-state index in [1.165, 1.54) is 47.6 Å². The first kappa shape index (κ1) is 22.5. The molecule has 1 N–H and O–H groups in total. The molecule has 0 spiro atoms. The molecule has 5 rings (SSSR count).